The Labute approximate surface area is 112 Å². The minimum atomic E-state index is -0.499. The zero-order valence-corrected chi connectivity index (χ0v) is 11.0. The average molecular weight is 275 g/mol. The number of rotatable bonds is 2. The van der Waals surface area contributed by atoms with E-state index >= 15 is 0 Å². The molecule has 0 saturated carbocycles. The van der Waals surface area contributed by atoms with Crippen LogP contribution in [0, 0.1) is 13.8 Å². The van der Waals surface area contributed by atoms with Crippen molar-refractivity contribution >= 4 is 29.5 Å². The van der Waals surface area contributed by atoms with Crippen LogP contribution in [0.5, 0.6) is 0 Å². The first-order chi connectivity index (χ1) is 9.13. The van der Waals surface area contributed by atoms with Crippen LogP contribution in [0.3, 0.4) is 0 Å². The normalized spacial score (nSPS) is 16.8. The van der Waals surface area contributed by atoms with Crippen molar-refractivity contribution in [2.24, 2.45) is 4.99 Å². The van der Waals surface area contributed by atoms with Crippen LogP contribution in [0.25, 0.3) is 6.08 Å². The SMILES string of the molecule is Cc1cc(C2=N/C(=C/c3csnn3)C(=O)O2)c(C)o1. The van der Waals surface area contributed by atoms with Crippen molar-refractivity contribution in [2.75, 3.05) is 0 Å². The van der Waals surface area contributed by atoms with Crippen molar-refractivity contribution in [3.8, 4) is 0 Å². The van der Waals surface area contributed by atoms with Crippen LogP contribution < -0.4 is 0 Å². The Bertz CT molecular complexity index is 698. The Morgan fingerprint density at radius 3 is 2.84 bits per heavy atom. The lowest BCUT2D eigenvalue weighted by molar-refractivity contribution is -0.129. The summed E-state index contributed by atoms with van der Waals surface area (Å²) in [5, 5.41) is 5.55. The molecule has 19 heavy (non-hydrogen) atoms. The summed E-state index contributed by atoms with van der Waals surface area (Å²) in [6, 6.07) is 1.79. The van der Waals surface area contributed by atoms with Crippen molar-refractivity contribution in [2.45, 2.75) is 13.8 Å². The lowest BCUT2D eigenvalue weighted by atomic mass is 10.2. The third-order valence-corrected chi connectivity index (χ3v) is 3.08. The van der Waals surface area contributed by atoms with Gasteiger partial charge < -0.3 is 9.15 Å². The van der Waals surface area contributed by atoms with E-state index in [0.29, 0.717) is 17.0 Å². The summed E-state index contributed by atoms with van der Waals surface area (Å²) < 4.78 is 14.2. The molecule has 0 aliphatic carbocycles. The quantitative estimate of drug-likeness (QED) is 0.619. The number of cyclic esters (lactones) is 1. The fourth-order valence-electron chi connectivity index (χ4n) is 1.74. The molecule has 0 aromatic carbocycles. The third kappa shape index (κ3) is 2.19. The van der Waals surface area contributed by atoms with E-state index in [0.717, 1.165) is 5.76 Å². The third-order valence-electron chi connectivity index (χ3n) is 2.55. The zero-order chi connectivity index (χ0) is 13.4. The van der Waals surface area contributed by atoms with E-state index in [4.69, 9.17) is 9.15 Å². The van der Waals surface area contributed by atoms with E-state index < -0.39 is 5.97 Å². The van der Waals surface area contributed by atoms with Crippen LogP contribution >= 0.6 is 11.5 Å². The molecule has 2 aromatic rings. The van der Waals surface area contributed by atoms with Crippen LogP contribution in [0.1, 0.15) is 22.8 Å². The van der Waals surface area contributed by atoms with Gasteiger partial charge in [-0.05, 0) is 37.5 Å². The highest BCUT2D eigenvalue weighted by atomic mass is 32.1. The molecule has 0 atom stereocenters. The standard InChI is InChI=1S/C12H9N3O3S/c1-6-3-9(7(2)17-6)11-13-10(12(16)18-11)4-8-5-19-15-14-8/h3-5H,1-2H3/b10-4+. The maximum absolute atomic E-state index is 11.7. The van der Waals surface area contributed by atoms with Gasteiger partial charge in [-0.3, -0.25) is 0 Å². The van der Waals surface area contributed by atoms with Gasteiger partial charge in [0.2, 0.25) is 5.90 Å². The number of nitrogens with zero attached hydrogens (tertiary/aromatic N) is 3. The minimum Gasteiger partial charge on any atom is -0.466 e. The maximum Gasteiger partial charge on any atom is 0.363 e. The van der Waals surface area contributed by atoms with Crippen LogP contribution in [0.2, 0.25) is 0 Å². The van der Waals surface area contributed by atoms with Gasteiger partial charge in [0.15, 0.2) is 5.70 Å². The molecule has 0 unspecified atom stereocenters. The molecule has 0 bridgehead atoms. The second kappa shape index (κ2) is 4.43. The number of carbonyl (C=O) groups excluding carboxylic acids is 1. The molecule has 1 aliphatic heterocycles. The lowest BCUT2D eigenvalue weighted by Crippen LogP contribution is -2.05. The maximum atomic E-state index is 11.7. The predicted molar refractivity (Wildman–Crippen MR) is 68.7 cm³/mol. The Hall–Kier alpha value is -2.28. The molecule has 0 N–H and O–H groups in total. The summed E-state index contributed by atoms with van der Waals surface area (Å²) in [6.07, 6.45) is 1.54. The largest absolute Gasteiger partial charge is 0.466 e. The monoisotopic (exact) mass is 275 g/mol. The fourth-order valence-corrected chi connectivity index (χ4v) is 2.15. The van der Waals surface area contributed by atoms with Gasteiger partial charge >= 0.3 is 5.97 Å². The summed E-state index contributed by atoms with van der Waals surface area (Å²) >= 11 is 1.21. The Morgan fingerprint density at radius 2 is 2.21 bits per heavy atom. The molecular formula is C12H9N3O3S. The number of aliphatic imine (C=N–C) groups is 1. The molecular weight excluding hydrogens is 266 g/mol. The van der Waals surface area contributed by atoms with E-state index in [2.05, 4.69) is 14.6 Å². The zero-order valence-electron chi connectivity index (χ0n) is 10.2. The molecule has 2 aromatic heterocycles. The van der Waals surface area contributed by atoms with E-state index in [-0.39, 0.29) is 11.6 Å². The summed E-state index contributed by atoms with van der Waals surface area (Å²) in [5.41, 5.74) is 1.48. The lowest BCUT2D eigenvalue weighted by Gasteiger charge is -1.95. The molecule has 1 aliphatic rings. The summed E-state index contributed by atoms with van der Waals surface area (Å²) in [4.78, 5) is 15.9. The van der Waals surface area contributed by atoms with Crippen LogP contribution in [-0.4, -0.2) is 21.5 Å². The highest BCUT2D eigenvalue weighted by molar-refractivity contribution is 7.03. The highest BCUT2D eigenvalue weighted by Crippen LogP contribution is 2.22. The van der Waals surface area contributed by atoms with Gasteiger partial charge in [-0.15, -0.1) is 5.10 Å². The number of ether oxygens (including phenoxy) is 1. The van der Waals surface area contributed by atoms with E-state index in [9.17, 15) is 4.79 Å². The molecule has 0 fully saturated rings. The van der Waals surface area contributed by atoms with Crippen LogP contribution in [-0.2, 0) is 9.53 Å². The van der Waals surface area contributed by atoms with Gasteiger partial charge in [0.1, 0.15) is 17.2 Å². The number of aromatic nitrogens is 2. The Balaban J connectivity index is 1.98. The summed E-state index contributed by atoms with van der Waals surface area (Å²) in [7, 11) is 0. The molecule has 3 heterocycles. The molecule has 3 rings (SSSR count). The minimum absolute atomic E-state index is 0.209. The van der Waals surface area contributed by atoms with Crippen molar-refractivity contribution < 1.29 is 13.9 Å². The fraction of sp³-hybridized carbons (Fsp3) is 0.167. The van der Waals surface area contributed by atoms with Crippen molar-refractivity contribution in [3.05, 3.63) is 39.9 Å². The number of esters is 1. The van der Waals surface area contributed by atoms with E-state index in [1.54, 1.807) is 24.4 Å². The van der Waals surface area contributed by atoms with Gasteiger partial charge in [0.25, 0.3) is 0 Å². The molecule has 7 heteroatoms. The number of aryl methyl sites for hydroxylation is 2. The van der Waals surface area contributed by atoms with Crippen molar-refractivity contribution in [1.29, 1.82) is 0 Å². The van der Waals surface area contributed by atoms with Gasteiger partial charge in [-0.25, -0.2) is 9.79 Å². The highest BCUT2D eigenvalue weighted by Gasteiger charge is 2.26. The Kier molecular flexibility index (Phi) is 2.75. The predicted octanol–water partition coefficient (Wildman–Crippen LogP) is 2.09. The number of carbonyl (C=O) groups is 1. The first kappa shape index (κ1) is 11.8. The smallest absolute Gasteiger partial charge is 0.363 e. The van der Waals surface area contributed by atoms with Gasteiger partial charge in [0, 0.05) is 5.38 Å². The molecule has 0 amide bonds. The van der Waals surface area contributed by atoms with E-state index in [1.165, 1.54) is 11.5 Å². The first-order valence-electron chi connectivity index (χ1n) is 5.50. The van der Waals surface area contributed by atoms with Gasteiger partial charge in [-0.1, -0.05) is 4.49 Å². The number of furan rings is 1. The summed E-state index contributed by atoms with van der Waals surface area (Å²) in [5.74, 6) is 1.17. The molecule has 0 radical (unpaired) electrons. The topological polar surface area (TPSA) is 77.6 Å². The number of hydrogen-bond acceptors (Lipinski definition) is 7. The van der Waals surface area contributed by atoms with Crippen LogP contribution in [0.15, 0.2) is 26.6 Å². The summed E-state index contributed by atoms with van der Waals surface area (Å²) in [6.45, 7) is 3.62. The average Bonchev–Trinajstić information content (AvgIpc) is 3.03. The van der Waals surface area contributed by atoms with Gasteiger partial charge in [-0.2, -0.15) is 0 Å². The van der Waals surface area contributed by atoms with Crippen molar-refractivity contribution in [3.63, 3.8) is 0 Å². The molecule has 0 saturated heterocycles. The van der Waals surface area contributed by atoms with Crippen LogP contribution in [0.4, 0.5) is 0 Å². The molecule has 6 nitrogen and oxygen atoms in total. The second-order valence-corrected chi connectivity index (χ2v) is 4.60. The first-order valence-corrected chi connectivity index (χ1v) is 6.34. The molecule has 96 valence electrons. The Morgan fingerprint density at radius 1 is 1.37 bits per heavy atom. The van der Waals surface area contributed by atoms with Crippen molar-refractivity contribution in [1.82, 2.24) is 9.59 Å². The van der Waals surface area contributed by atoms with Gasteiger partial charge in [0.05, 0.1) is 5.56 Å². The number of hydrogen-bond donors (Lipinski definition) is 0. The second-order valence-electron chi connectivity index (χ2n) is 3.99. The van der Waals surface area contributed by atoms with E-state index in [1.807, 2.05) is 6.92 Å². The molecule has 0 spiro atoms.